The third kappa shape index (κ3) is 1.86. The van der Waals surface area contributed by atoms with Crippen molar-refractivity contribution in [2.24, 2.45) is 5.92 Å². The summed E-state index contributed by atoms with van der Waals surface area (Å²) in [6, 6.07) is 8.89. The lowest BCUT2D eigenvalue weighted by atomic mass is 9.95. The number of allylic oxidation sites excluding steroid dienone is 2. The average molecular weight is 200 g/mol. The standard InChI is InChI=1S/C15H20/c1-4-7-12-10-15(11(2)3)14-9-6-5-8-13(12)14/h5-6,8-12H,4,7H2,1-3H3. The quantitative estimate of drug-likeness (QED) is 0.667. The molecule has 0 bridgehead atoms. The van der Waals surface area contributed by atoms with Crippen molar-refractivity contribution in [3.63, 3.8) is 0 Å². The van der Waals surface area contributed by atoms with E-state index < -0.39 is 0 Å². The highest BCUT2D eigenvalue weighted by molar-refractivity contribution is 5.75. The van der Waals surface area contributed by atoms with E-state index in [1.165, 1.54) is 18.4 Å². The summed E-state index contributed by atoms with van der Waals surface area (Å²) in [4.78, 5) is 0. The number of hydrogen-bond acceptors (Lipinski definition) is 0. The molecule has 0 amide bonds. The number of rotatable bonds is 3. The Hall–Kier alpha value is -1.04. The Morgan fingerprint density at radius 2 is 1.93 bits per heavy atom. The molecule has 1 aliphatic rings. The maximum atomic E-state index is 2.48. The van der Waals surface area contributed by atoms with Gasteiger partial charge in [0.05, 0.1) is 0 Å². The lowest BCUT2D eigenvalue weighted by Crippen LogP contribution is -1.92. The first-order valence-electron chi connectivity index (χ1n) is 6.05. The Balaban J connectivity index is 2.40. The summed E-state index contributed by atoms with van der Waals surface area (Å²) in [6.07, 6.45) is 5.03. The van der Waals surface area contributed by atoms with Gasteiger partial charge in [-0.15, -0.1) is 0 Å². The van der Waals surface area contributed by atoms with Crippen molar-refractivity contribution in [2.45, 2.75) is 39.5 Å². The van der Waals surface area contributed by atoms with Crippen LogP contribution in [0.1, 0.15) is 50.7 Å². The van der Waals surface area contributed by atoms with Gasteiger partial charge in [-0.2, -0.15) is 0 Å². The maximum Gasteiger partial charge on any atom is 0.00300 e. The first-order valence-corrected chi connectivity index (χ1v) is 6.05. The van der Waals surface area contributed by atoms with Gasteiger partial charge in [-0.3, -0.25) is 0 Å². The van der Waals surface area contributed by atoms with E-state index in [1.54, 1.807) is 11.1 Å². The fourth-order valence-electron chi connectivity index (χ4n) is 2.53. The minimum atomic E-state index is 0.646. The van der Waals surface area contributed by atoms with Crippen LogP contribution >= 0.6 is 0 Å². The van der Waals surface area contributed by atoms with Crippen LogP contribution in [0.3, 0.4) is 0 Å². The fourth-order valence-corrected chi connectivity index (χ4v) is 2.53. The largest absolute Gasteiger partial charge is 0.0729 e. The van der Waals surface area contributed by atoms with Gasteiger partial charge in [0, 0.05) is 5.92 Å². The van der Waals surface area contributed by atoms with E-state index >= 15 is 0 Å². The lowest BCUT2D eigenvalue weighted by molar-refractivity contribution is 0.724. The molecule has 0 heterocycles. The van der Waals surface area contributed by atoms with Crippen LogP contribution in [0.2, 0.25) is 0 Å². The molecule has 0 saturated heterocycles. The van der Waals surface area contributed by atoms with Crippen molar-refractivity contribution in [3.8, 4) is 0 Å². The molecule has 0 fully saturated rings. The first kappa shape index (κ1) is 10.5. The molecular weight excluding hydrogens is 180 g/mol. The Bertz CT molecular complexity index is 371. The number of hydrogen-bond donors (Lipinski definition) is 0. The molecule has 0 aromatic heterocycles. The van der Waals surface area contributed by atoms with Crippen molar-refractivity contribution in [2.75, 3.05) is 0 Å². The van der Waals surface area contributed by atoms with Gasteiger partial charge in [0.2, 0.25) is 0 Å². The highest BCUT2D eigenvalue weighted by atomic mass is 14.3. The predicted octanol–water partition coefficient (Wildman–Crippen LogP) is 4.62. The van der Waals surface area contributed by atoms with Gasteiger partial charge in [0.15, 0.2) is 0 Å². The smallest absolute Gasteiger partial charge is 0.00300 e. The normalized spacial score (nSPS) is 19.2. The van der Waals surface area contributed by atoms with Gasteiger partial charge < -0.3 is 0 Å². The van der Waals surface area contributed by atoms with E-state index in [2.05, 4.69) is 51.1 Å². The van der Waals surface area contributed by atoms with Crippen LogP contribution in [0.15, 0.2) is 30.3 Å². The van der Waals surface area contributed by atoms with Gasteiger partial charge in [-0.25, -0.2) is 0 Å². The van der Waals surface area contributed by atoms with Gasteiger partial charge >= 0.3 is 0 Å². The third-order valence-electron chi connectivity index (χ3n) is 3.27. The van der Waals surface area contributed by atoms with E-state index in [0.29, 0.717) is 11.8 Å². The highest BCUT2D eigenvalue weighted by Gasteiger charge is 2.23. The van der Waals surface area contributed by atoms with E-state index in [9.17, 15) is 0 Å². The zero-order chi connectivity index (χ0) is 10.8. The monoisotopic (exact) mass is 200 g/mol. The van der Waals surface area contributed by atoms with Crippen molar-refractivity contribution >= 4 is 5.57 Å². The number of benzene rings is 1. The van der Waals surface area contributed by atoms with Crippen molar-refractivity contribution < 1.29 is 0 Å². The Morgan fingerprint density at radius 3 is 2.60 bits per heavy atom. The van der Waals surface area contributed by atoms with Crippen LogP contribution < -0.4 is 0 Å². The second kappa shape index (κ2) is 4.22. The fraction of sp³-hybridized carbons (Fsp3) is 0.467. The lowest BCUT2D eigenvalue weighted by Gasteiger charge is -2.09. The van der Waals surface area contributed by atoms with Gasteiger partial charge in [0.25, 0.3) is 0 Å². The van der Waals surface area contributed by atoms with Crippen molar-refractivity contribution in [3.05, 3.63) is 41.5 Å². The van der Waals surface area contributed by atoms with Crippen LogP contribution in [0.5, 0.6) is 0 Å². The molecule has 1 aromatic carbocycles. The van der Waals surface area contributed by atoms with Gasteiger partial charge in [0.1, 0.15) is 0 Å². The molecule has 0 nitrogen and oxygen atoms in total. The van der Waals surface area contributed by atoms with E-state index in [1.807, 2.05) is 0 Å². The molecule has 0 radical (unpaired) electrons. The summed E-state index contributed by atoms with van der Waals surface area (Å²) in [5.41, 5.74) is 4.58. The Morgan fingerprint density at radius 1 is 1.20 bits per heavy atom. The third-order valence-corrected chi connectivity index (χ3v) is 3.27. The molecule has 0 heteroatoms. The molecule has 0 N–H and O–H groups in total. The molecule has 2 rings (SSSR count). The van der Waals surface area contributed by atoms with Crippen molar-refractivity contribution in [1.29, 1.82) is 0 Å². The minimum absolute atomic E-state index is 0.646. The first-order chi connectivity index (χ1) is 7.24. The molecule has 1 aromatic rings. The molecule has 0 aliphatic heterocycles. The second-order valence-electron chi connectivity index (χ2n) is 4.76. The molecule has 0 spiro atoms. The van der Waals surface area contributed by atoms with Crippen LogP contribution in [-0.2, 0) is 0 Å². The van der Waals surface area contributed by atoms with Crippen LogP contribution in [0, 0.1) is 5.92 Å². The van der Waals surface area contributed by atoms with E-state index in [0.717, 1.165) is 0 Å². The summed E-state index contributed by atoms with van der Waals surface area (Å²) >= 11 is 0. The maximum absolute atomic E-state index is 2.48. The molecule has 1 atom stereocenters. The molecule has 0 saturated carbocycles. The summed E-state index contributed by atoms with van der Waals surface area (Å²) < 4.78 is 0. The van der Waals surface area contributed by atoms with E-state index in [4.69, 9.17) is 0 Å². The zero-order valence-corrected chi connectivity index (χ0v) is 9.96. The van der Waals surface area contributed by atoms with E-state index in [-0.39, 0.29) is 0 Å². The molecule has 1 aliphatic carbocycles. The summed E-state index contributed by atoms with van der Waals surface area (Å²) in [7, 11) is 0. The predicted molar refractivity (Wildman–Crippen MR) is 66.9 cm³/mol. The SMILES string of the molecule is CCCC1C=C(C(C)C)c2ccccc21. The Labute approximate surface area is 93.0 Å². The van der Waals surface area contributed by atoms with Crippen LogP contribution in [0.25, 0.3) is 5.57 Å². The summed E-state index contributed by atoms with van der Waals surface area (Å²) in [6.45, 7) is 6.84. The second-order valence-corrected chi connectivity index (χ2v) is 4.76. The summed E-state index contributed by atoms with van der Waals surface area (Å²) in [5, 5.41) is 0. The van der Waals surface area contributed by atoms with Gasteiger partial charge in [-0.05, 0) is 29.0 Å². The average Bonchev–Trinajstić information content (AvgIpc) is 2.59. The molecule has 15 heavy (non-hydrogen) atoms. The van der Waals surface area contributed by atoms with Crippen molar-refractivity contribution in [1.82, 2.24) is 0 Å². The van der Waals surface area contributed by atoms with Crippen LogP contribution in [-0.4, -0.2) is 0 Å². The minimum Gasteiger partial charge on any atom is -0.0729 e. The zero-order valence-electron chi connectivity index (χ0n) is 9.96. The number of fused-ring (bicyclic) bond motifs is 1. The van der Waals surface area contributed by atoms with Gasteiger partial charge in [-0.1, -0.05) is 57.5 Å². The molecule has 1 unspecified atom stereocenters. The van der Waals surface area contributed by atoms with Crippen LogP contribution in [0.4, 0.5) is 0 Å². The topological polar surface area (TPSA) is 0 Å². The molecule has 80 valence electrons. The summed E-state index contributed by atoms with van der Waals surface area (Å²) in [5.74, 6) is 1.32. The molecular formula is C15H20. The Kier molecular flexibility index (Phi) is 2.95. The highest BCUT2D eigenvalue weighted by Crippen LogP contribution is 2.41.